The Morgan fingerprint density at radius 1 is 1.06 bits per heavy atom. The van der Waals surface area contributed by atoms with Crippen LogP contribution in [0.5, 0.6) is 5.75 Å². The number of benzene rings is 2. The lowest BCUT2D eigenvalue weighted by atomic mass is 9.94. The van der Waals surface area contributed by atoms with Crippen LogP contribution in [-0.4, -0.2) is 48.8 Å². The van der Waals surface area contributed by atoms with Crippen molar-refractivity contribution in [2.75, 3.05) is 25.5 Å². The summed E-state index contributed by atoms with van der Waals surface area (Å²) in [6.45, 7) is 4.93. The number of ether oxygens (including phenoxy) is 1. The summed E-state index contributed by atoms with van der Waals surface area (Å²) in [6.07, 6.45) is 0.975. The number of aromatic amines is 2. The van der Waals surface area contributed by atoms with E-state index in [9.17, 15) is 18.0 Å². The summed E-state index contributed by atoms with van der Waals surface area (Å²) < 4.78 is 33.6. The molecule has 10 heteroatoms. The van der Waals surface area contributed by atoms with Crippen LogP contribution in [-0.2, 0) is 10.0 Å². The van der Waals surface area contributed by atoms with E-state index in [-0.39, 0.29) is 33.7 Å². The van der Waals surface area contributed by atoms with E-state index < -0.39 is 15.9 Å². The molecular weight excluding hydrogens is 432 g/mol. The first-order valence-corrected chi connectivity index (χ1v) is 11.8. The molecule has 2 aromatic carbocycles. The number of hydrogen-bond acceptors (Lipinski definition) is 5. The van der Waals surface area contributed by atoms with E-state index in [1.165, 1.54) is 29.6 Å². The molecule has 0 spiro atoms. The summed E-state index contributed by atoms with van der Waals surface area (Å²) in [5, 5.41) is 2.75. The van der Waals surface area contributed by atoms with Crippen LogP contribution in [0.2, 0.25) is 0 Å². The number of piperidine rings is 1. The zero-order valence-corrected chi connectivity index (χ0v) is 19.0. The molecule has 2 heterocycles. The number of carbonyl (C=O) groups is 1. The van der Waals surface area contributed by atoms with Crippen LogP contribution in [0.25, 0.3) is 11.0 Å². The van der Waals surface area contributed by atoms with E-state index in [2.05, 4.69) is 15.3 Å². The molecule has 1 aliphatic heterocycles. The van der Waals surface area contributed by atoms with Crippen LogP contribution in [0.15, 0.2) is 46.1 Å². The Balaban J connectivity index is 1.64. The highest BCUT2D eigenvalue weighted by Crippen LogP contribution is 2.32. The van der Waals surface area contributed by atoms with Gasteiger partial charge >= 0.3 is 5.69 Å². The number of nitrogens with zero attached hydrogens (tertiary/aromatic N) is 1. The fourth-order valence-corrected chi connectivity index (χ4v) is 6.14. The van der Waals surface area contributed by atoms with Crippen LogP contribution in [0, 0.1) is 11.8 Å². The Kier molecular flexibility index (Phi) is 5.83. The molecule has 0 saturated carbocycles. The second kappa shape index (κ2) is 8.44. The van der Waals surface area contributed by atoms with Crippen molar-refractivity contribution in [3.63, 3.8) is 0 Å². The van der Waals surface area contributed by atoms with Gasteiger partial charge in [0, 0.05) is 24.3 Å². The van der Waals surface area contributed by atoms with Crippen molar-refractivity contribution in [3.05, 3.63) is 52.4 Å². The van der Waals surface area contributed by atoms with Crippen molar-refractivity contribution in [2.45, 2.75) is 25.2 Å². The maximum absolute atomic E-state index is 13.4. The molecule has 1 saturated heterocycles. The second-order valence-corrected chi connectivity index (χ2v) is 10.3. The SMILES string of the molecule is COc1ccc(C(=O)Nc2ccc3[nH]c(=O)[nH]c3c2)cc1S(=O)(=O)N1C[C@@H](C)C[C@H](C)C1. The number of methoxy groups -OCH3 is 1. The van der Waals surface area contributed by atoms with Gasteiger partial charge in [-0.05, 0) is 54.7 Å². The average Bonchev–Trinajstić information content (AvgIpc) is 3.11. The molecule has 0 radical (unpaired) electrons. The van der Waals surface area contributed by atoms with Gasteiger partial charge in [-0.3, -0.25) is 4.79 Å². The van der Waals surface area contributed by atoms with Crippen LogP contribution in [0.3, 0.4) is 0 Å². The fourth-order valence-electron chi connectivity index (χ4n) is 4.27. The van der Waals surface area contributed by atoms with Crippen molar-refractivity contribution in [3.8, 4) is 5.75 Å². The fraction of sp³-hybridized carbons (Fsp3) is 0.364. The third-order valence-electron chi connectivity index (χ3n) is 5.65. The molecule has 4 rings (SSSR count). The van der Waals surface area contributed by atoms with Gasteiger partial charge in [0.15, 0.2) is 0 Å². The highest BCUT2D eigenvalue weighted by Gasteiger charge is 2.34. The van der Waals surface area contributed by atoms with Gasteiger partial charge in [0.25, 0.3) is 5.91 Å². The Morgan fingerprint density at radius 3 is 2.44 bits per heavy atom. The van der Waals surface area contributed by atoms with E-state index in [1.54, 1.807) is 18.2 Å². The minimum absolute atomic E-state index is 0.0284. The zero-order valence-electron chi connectivity index (χ0n) is 18.1. The molecule has 9 nitrogen and oxygen atoms in total. The number of nitrogens with one attached hydrogen (secondary N) is 3. The minimum atomic E-state index is -3.84. The van der Waals surface area contributed by atoms with Gasteiger partial charge in [0.2, 0.25) is 10.0 Å². The van der Waals surface area contributed by atoms with Crippen molar-refractivity contribution < 1.29 is 17.9 Å². The van der Waals surface area contributed by atoms with E-state index >= 15 is 0 Å². The molecule has 1 aromatic heterocycles. The number of amides is 1. The smallest absolute Gasteiger partial charge is 0.323 e. The van der Waals surface area contributed by atoms with Crippen molar-refractivity contribution in [1.82, 2.24) is 14.3 Å². The highest BCUT2D eigenvalue weighted by atomic mass is 32.2. The number of H-pyrrole nitrogens is 2. The largest absolute Gasteiger partial charge is 0.495 e. The standard InChI is InChI=1S/C22H26N4O5S/c1-13-8-14(2)12-26(11-13)32(29,30)20-9-15(4-7-19(20)31-3)21(27)23-16-5-6-17-18(10-16)25-22(28)24-17/h4-7,9-10,13-14H,8,11-12H2,1-3H3,(H,23,27)(H2,24,25,28)/t13-,14-/m0/s1. The average molecular weight is 459 g/mol. The van der Waals surface area contributed by atoms with Gasteiger partial charge in [-0.2, -0.15) is 4.31 Å². The number of hydrogen-bond donors (Lipinski definition) is 3. The van der Waals surface area contributed by atoms with Gasteiger partial charge in [0.1, 0.15) is 10.6 Å². The molecular formula is C22H26N4O5S. The first-order valence-electron chi connectivity index (χ1n) is 10.4. The van der Waals surface area contributed by atoms with Crippen LogP contribution in [0.4, 0.5) is 5.69 Å². The quantitative estimate of drug-likeness (QED) is 0.542. The lowest BCUT2D eigenvalue weighted by Crippen LogP contribution is -2.42. The summed E-state index contributed by atoms with van der Waals surface area (Å²) in [4.78, 5) is 29.6. The molecule has 3 N–H and O–H groups in total. The Hall–Kier alpha value is -3.11. The van der Waals surface area contributed by atoms with Gasteiger partial charge in [0.05, 0.1) is 18.1 Å². The van der Waals surface area contributed by atoms with E-state index in [4.69, 9.17) is 4.74 Å². The molecule has 0 unspecified atom stereocenters. The van der Waals surface area contributed by atoms with Crippen molar-refractivity contribution in [1.29, 1.82) is 0 Å². The normalized spacial score (nSPS) is 19.7. The number of aromatic nitrogens is 2. The monoisotopic (exact) mass is 458 g/mol. The molecule has 2 atom stereocenters. The Labute approximate surface area is 185 Å². The number of fused-ring (bicyclic) bond motifs is 1. The van der Waals surface area contributed by atoms with E-state index in [0.29, 0.717) is 29.8 Å². The Morgan fingerprint density at radius 2 is 1.75 bits per heavy atom. The molecule has 3 aromatic rings. The number of carbonyl (C=O) groups excluding carboxylic acids is 1. The lowest BCUT2D eigenvalue weighted by molar-refractivity contribution is 0.102. The summed E-state index contributed by atoms with van der Waals surface area (Å²) in [7, 11) is -2.44. The number of rotatable bonds is 5. The van der Waals surface area contributed by atoms with Crippen LogP contribution in [0.1, 0.15) is 30.6 Å². The van der Waals surface area contributed by atoms with Gasteiger partial charge in [-0.25, -0.2) is 13.2 Å². The van der Waals surface area contributed by atoms with Crippen LogP contribution >= 0.6 is 0 Å². The van der Waals surface area contributed by atoms with Gasteiger partial charge < -0.3 is 20.0 Å². The lowest BCUT2D eigenvalue weighted by Gasteiger charge is -2.34. The number of anilines is 1. The predicted molar refractivity (Wildman–Crippen MR) is 122 cm³/mol. The van der Waals surface area contributed by atoms with E-state index in [1.807, 2.05) is 13.8 Å². The van der Waals surface area contributed by atoms with Gasteiger partial charge in [-0.1, -0.05) is 13.8 Å². The van der Waals surface area contributed by atoms with Crippen molar-refractivity contribution in [2.24, 2.45) is 11.8 Å². The second-order valence-electron chi connectivity index (χ2n) is 8.43. The molecule has 1 fully saturated rings. The maximum atomic E-state index is 13.4. The molecule has 0 bridgehead atoms. The molecule has 32 heavy (non-hydrogen) atoms. The first kappa shape index (κ1) is 22.1. The summed E-state index contributed by atoms with van der Waals surface area (Å²) in [6, 6.07) is 9.32. The molecule has 0 aliphatic carbocycles. The topological polar surface area (TPSA) is 124 Å². The zero-order chi connectivity index (χ0) is 23.0. The summed E-state index contributed by atoms with van der Waals surface area (Å²) in [5.41, 5.74) is 1.49. The van der Waals surface area contributed by atoms with E-state index in [0.717, 1.165) is 6.42 Å². The van der Waals surface area contributed by atoms with Crippen molar-refractivity contribution >= 4 is 32.7 Å². The third kappa shape index (κ3) is 4.28. The number of sulfonamides is 1. The third-order valence-corrected chi connectivity index (χ3v) is 7.51. The van der Waals surface area contributed by atoms with Crippen LogP contribution < -0.4 is 15.7 Å². The first-order chi connectivity index (χ1) is 15.2. The maximum Gasteiger partial charge on any atom is 0.323 e. The number of imidazole rings is 1. The summed E-state index contributed by atoms with van der Waals surface area (Å²) >= 11 is 0. The predicted octanol–water partition coefficient (Wildman–Crippen LogP) is 2.78. The Bertz CT molecular complexity index is 1320. The summed E-state index contributed by atoms with van der Waals surface area (Å²) in [5.74, 6) is 0.224. The molecule has 1 aliphatic rings. The molecule has 170 valence electrons. The minimum Gasteiger partial charge on any atom is -0.495 e. The molecule has 1 amide bonds. The highest BCUT2D eigenvalue weighted by molar-refractivity contribution is 7.89. The van der Waals surface area contributed by atoms with Gasteiger partial charge in [-0.15, -0.1) is 0 Å².